The van der Waals surface area contributed by atoms with Gasteiger partial charge in [-0.25, -0.2) is 0 Å². The van der Waals surface area contributed by atoms with Crippen molar-refractivity contribution in [2.24, 2.45) is 0 Å². The SMILES string of the molecule is CCOC1(C(O)c2cc(C)ccc2OC)CCCCCC1. The van der Waals surface area contributed by atoms with Crippen LogP contribution in [0.15, 0.2) is 18.2 Å². The molecule has 0 spiro atoms. The van der Waals surface area contributed by atoms with Crippen LogP contribution in [0.2, 0.25) is 0 Å². The predicted molar refractivity (Wildman–Crippen MR) is 84.7 cm³/mol. The molecule has 1 aliphatic rings. The highest BCUT2D eigenvalue weighted by Crippen LogP contribution is 2.43. The summed E-state index contributed by atoms with van der Waals surface area (Å²) in [6.45, 7) is 4.67. The predicted octanol–water partition coefficient (Wildman–Crippen LogP) is 4.17. The lowest BCUT2D eigenvalue weighted by Crippen LogP contribution is -2.39. The standard InChI is InChI=1S/C18H28O3/c1-4-21-18(11-7-5-6-8-12-18)17(19)15-13-14(2)9-10-16(15)20-3/h9-10,13,17,19H,4-8,11-12H2,1-3H3. The van der Waals surface area contributed by atoms with Gasteiger partial charge in [-0.15, -0.1) is 0 Å². The van der Waals surface area contributed by atoms with Gasteiger partial charge in [0.1, 0.15) is 11.9 Å². The molecule has 1 unspecified atom stereocenters. The number of hydrogen-bond donors (Lipinski definition) is 1. The van der Waals surface area contributed by atoms with Crippen molar-refractivity contribution >= 4 is 0 Å². The van der Waals surface area contributed by atoms with Gasteiger partial charge < -0.3 is 14.6 Å². The van der Waals surface area contributed by atoms with Gasteiger partial charge in [-0.1, -0.05) is 37.3 Å². The minimum Gasteiger partial charge on any atom is -0.496 e. The molecular formula is C18H28O3. The molecule has 1 aromatic rings. The summed E-state index contributed by atoms with van der Waals surface area (Å²) in [5.74, 6) is 0.747. The molecule has 0 heterocycles. The van der Waals surface area contributed by atoms with Crippen molar-refractivity contribution in [3.8, 4) is 5.75 Å². The third-order valence-electron chi connectivity index (χ3n) is 4.56. The first kappa shape index (κ1) is 16.3. The minimum atomic E-state index is -0.634. The average Bonchev–Trinajstić information content (AvgIpc) is 2.73. The van der Waals surface area contributed by atoms with E-state index in [4.69, 9.17) is 9.47 Å². The van der Waals surface area contributed by atoms with Gasteiger partial charge >= 0.3 is 0 Å². The normalized spacial score (nSPS) is 19.8. The third-order valence-corrected chi connectivity index (χ3v) is 4.56. The van der Waals surface area contributed by atoms with E-state index >= 15 is 0 Å². The van der Waals surface area contributed by atoms with E-state index in [1.54, 1.807) is 7.11 Å². The van der Waals surface area contributed by atoms with Crippen LogP contribution in [0, 0.1) is 6.92 Å². The monoisotopic (exact) mass is 292 g/mol. The Kier molecular flexibility index (Phi) is 5.65. The number of hydrogen-bond acceptors (Lipinski definition) is 3. The van der Waals surface area contributed by atoms with Gasteiger partial charge in [0, 0.05) is 12.2 Å². The maximum Gasteiger partial charge on any atom is 0.124 e. The molecule has 118 valence electrons. The molecule has 0 bridgehead atoms. The molecule has 1 N–H and O–H groups in total. The van der Waals surface area contributed by atoms with Crippen LogP contribution in [0.1, 0.15) is 62.7 Å². The fourth-order valence-corrected chi connectivity index (χ4v) is 3.46. The van der Waals surface area contributed by atoms with Crippen LogP contribution in [0.25, 0.3) is 0 Å². The van der Waals surface area contributed by atoms with E-state index in [-0.39, 0.29) is 0 Å². The molecule has 1 fully saturated rings. The molecule has 1 aliphatic carbocycles. The van der Waals surface area contributed by atoms with E-state index in [1.165, 1.54) is 12.8 Å². The zero-order chi connectivity index (χ0) is 15.3. The molecule has 2 rings (SSSR count). The van der Waals surface area contributed by atoms with E-state index < -0.39 is 11.7 Å². The number of rotatable bonds is 5. The van der Waals surface area contributed by atoms with Crippen molar-refractivity contribution < 1.29 is 14.6 Å². The van der Waals surface area contributed by atoms with E-state index in [0.29, 0.717) is 6.61 Å². The van der Waals surface area contributed by atoms with Gasteiger partial charge in [0.15, 0.2) is 0 Å². The largest absolute Gasteiger partial charge is 0.496 e. The van der Waals surface area contributed by atoms with Gasteiger partial charge in [-0.05, 0) is 38.8 Å². The number of ether oxygens (including phenoxy) is 2. The van der Waals surface area contributed by atoms with E-state index in [1.807, 2.05) is 32.0 Å². The molecule has 0 radical (unpaired) electrons. The topological polar surface area (TPSA) is 38.7 Å². The van der Waals surface area contributed by atoms with Gasteiger partial charge in [0.25, 0.3) is 0 Å². The molecule has 1 aromatic carbocycles. The van der Waals surface area contributed by atoms with Gasteiger partial charge in [0.05, 0.1) is 12.7 Å². The Morgan fingerprint density at radius 3 is 2.43 bits per heavy atom. The fourth-order valence-electron chi connectivity index (χ4n) is 3.46. The molecule has 0 aliphatic heterocycles. The maximum atomic E-state index is 11.1. The highest BCUT2D eigenvalue weighted by Gasteiger charge is 2.41. The Bertz CT molecular complexity index is 448. The summed E-state index contributed by atoms with van der Waals surface area (Å²) >= 11 is 0. The molecular weight excluding hydrogens is 264 g/mol. The van der Waals surface area contributed by atoms with Gasteiger partial charge in [-0.3, -0.25) is 0 Å². The number of aryl methyl sites for hydroxylation is 1. The van der Waals surface area contributed by atoms with E-state index in [9.17, 15) is 5.11 Å². The second-order valence-corrected chi connectivity index (χ2v) is 6.06. The summed E-state index contributed by atoms with van der Waals surface area (Å²) < 4.78 is 11.6. The summed E-state index contributed by atoms with van der Waals surface area (Å²) in [5.41, 5.74) is 1.52. The lowest BCUT2D eigenvalue weighted by Gasteiger charge is -2.38. The lowest BCUT2D eigenvalue weighted by atomic mass is 9.83. The smallest absolute Gasteiger partial charge is 0.124 e. The first-order valence-electron chi connectivity index (χ1n) is 8.09. The Morgan fingerprint density at radius 1 is 1.19 bits per heavy atom. The second-order valence-electron chi connectivity index (χ2n) is 6.06. The number of aliphatic hydroxyl groups is 1. The van der Waals surface area contributed by atoms with Gasteiger partial charge in [-0.2, -0.15) is 0 Å². The summed E-state index contributed by atoms with van der Waals surface area (Å²) in [5, 5.41) is 11.1. The summed E-state index contributed by atoms with van der Waals surface area (Å²) in [6, 6.07) is 5.97. The number of benzene rings is 1. The molecule has 21 heavy (non-hydrogen) atoms. The molecule has 1 saturated carbocycles. The minimum absolute atomic E-state index is 0.466. The zero-order valence-electron chi connectivity index (χ0n) is 13.5. The zero-order valence-corrected chi connectivity index (χ0v) is 13.5. The van der Waals surface area contributed by atoms with Gasteiger partial charge in [0.2, 0.25) is 0 Å². The van der Waals surface area contributed by atoms with Crippen molar-refractivity contribution in [2.45, 2.75) is 64.1 Å². The molecule has 3 nitrogen and oxygen atoms in total. The van der Waals surface area contributed by atoms with Crippen molar-refractivity contribution in [1.29, 1.82) is 0 Å². The number of aliphatic hydroxyl groups excluding tert-OH is 1. The van der Waals surface area contributed by atoms with Crippen LogP contribution in [-0.4, -0.2) is 24.4 Å². The Balaban J connectivity index is 2.37. The van der Waals surface area contributed by atoms with Crippen LogP contribution < -0.4 is 4.74 Å². The van der Waals surface area contributed by atoms with E-state index in [0.717, 1.165) is 42.6 Å². The summed E-state index contributed by atoms with van der Waals surface area (Å²) in [4.78, 5) is 0. The highest BCUT2D eigenvalue weighted by molar-refractivity contribution is 5.39. The van der Waals surface area contributed by atoms with Crippen LogP contribution in [0.5, 0.6) is 5.75 Å². The lowest BCUT2D eigenvalue weighted by molar-refractivity contribution is -0.131. The van der Waals surface area contributed by atoms with Crippen molar-refractivity contribution in [3.05, 3.63) is 29.3 Å². The molecule has 0 saturated heterocycles. The average molecular weight is 292 g/mol. The first-order valence-corrected chi connectivity index (χ1v) is 8.09. The van der Waals surface area contributed by atoms with Crippen molar-refractivity contribution in [2.75, 3.05) is 13.7 Å². The first-order chi connectivity index (χ1) is 10.1. The van der Waals surface area contributed by atoms with Crippen LogP contribution in [0.3, 0.4) is 0 Å². The van der Waals surface area contributed by atoms with Crippen LogP contribution in [0.4, 0.5) is 0 Å². The van der Waals surface area contributed by atoms with Crippen molar-refractivity contribution in [1.82, 2.24) is 0 Å². The Labute approximate surface area is 128 Å². The molecule has 0 aromatic heterocycles. The molecule has 1 atom stereocenters. The molecule has 3 heteroatoms. The Morgan fingerprint density at radius 2 is 1.86 bits per heavy atom. The third kappa shape index (κ3) is 3.58. The number of methoxy groups -OCH3 is 1. The molecule has 0 amide bonds. The fraction of sp³-hybridized carbons (Fsp3) is 0.667. The van der Waals surface area contributed by atoms with Crippen LogP contribution in [-0.2, 0) is 4.74 Å². The maximum absolute atomic E-state index is 11.1. The second kappa shape index (κ2) is 7.28. The quantitative estimate of drug-likeness (QED) is 0.828. The highest BCUT2D eigenvalue weighted by atomic mass is 16.5. The van der Waals surface area contributed by atoms with Crippen molar-refractivity contribution in [3.63, 3.8) is 0 Å². The summed E-state index contributed by atoms with van der Waals surface area (Å²) in [6.07, 6.45) is 5.89. The Hall–Kier alpha value is -1.06. The summed E-state index contributed by atoms with van der Waals surface area (Å²) in [7, 11) is 1.65. The van der Waals surface area contributed by atoms with Crippen LogP contribution >= 0.6 is 0 Å². The van der Waals surface area contributed by atoms with E-state index in [2.05, 4.69) is 0 Å².